The molecule has 3 aromatic heterocycles. The van der Waals surface area contributed by atoms with Crippen molar-refractivity contribution in [2.45, 2.75) is 0 Å². The molecule has 0 aliphatic carbocycles. The summed E-state index contributed by atoms with van der Waals surface area (Å²) < 4.78 is 7.90. The molecule has 164 valence electrons. The zero-order chi connectivity index (χ0) is 23.2. The van der Waals surface area contributed by atoms with Gasteiger partial charge in [-0.25, -0.2) is 9.50 Å². The maximum absolute atomic E-state index is 6.01. The van der Waals surface area contributed by atoms with Crippen molar-refractivity contribution >= 4 is 50.8 Å². The van der Waals surface area contributed by atoms with Crippen molar-refractivity contribution in [3.63, 3.8) is 0 Å². The van der Waals surface area contributed by atoms with Crippen LogP contribution in [0.3, 0.4) is 0 Å². The predicted octanol–water partition coefficient (Wildman–Crippen LogP) is 4.81. The number of furan rings is 1. The average Bonchev–Trinajstić information content (AvgIpc) is 3.52. The third kappa shape index (κ3) is 3.32. The number of fused-ring (bicyclic) bond motifs is 5. The third-order valence-electron chi connectivity index (χ3n) is 6.59. The fourth-order valence-corrected chi connectivity index (χ4v) is 4.94. The van der Waals surface area contributed by atoms with Crippen LogP contribution in [0.2, 0.25) is 0 Å². The molecule has 7 aromatic rings. The van der Waals surface area contributed by atoms with Crippen molar-refractivity contribution in [1.82, 2.24) is 14.6 Å². The second-order valence-corrected chi connectivity index (χ2v) is 8.73. The molecule has 0 unspecified atom stereocenters. The summed E-state index contributed by atoms with van der Waals surface area (Å²) in [4.78, 5) is 4.82. The second kappa shape index (κ2) is 7.99. The van der Waals surface area contributed by atoms with E-state index >= 15 is 0 Å². The smallest absolute Gasteiger partial charge is 0.241 e. The fourth-order valence-electron chi connectivity index (χ4n) is 4.94. The minimum atomic E-state index is 0.164. The lowest BCUT2D eigenvalue weighted by atomic mass is 9.37. The zero-order valence-corrected chi connectivity index (χ0v) is 18.9. The van der Waals surface area contributed by atoms with Gasteiger partial charge in [-0.1, -0.05) is 113 Å². The lowest BCUT2D eigenvalue weighted by molar-refractivity contribution is 0.667. The van der Waals surface area contributed by atoms with Crippen molar-refractivity contribution in [2.24, 2.45) is 0 Å². The summed E-state index contributed by atoms with van der Waals surface area (Å²) in [5.74, 6) is 0.699. The summed E-state index contributed by atoms with van der Waals surface area (Å²) in [6, 6.07) is 41.8. The van der Waals surface area contributed by atoms with Crippen LogP contribution in [0.25, 0.3) is 39.1 Å². The summed E-state index contributed by atoms with van der Waals surface area (Å²) >= 11 is 0. The molecule has 0 N–H and O–H groups in total. The highest BCUT2D eigenvalue weighted by Gasteiger charge is 2.21. The first-order chi connectivity index (χ1) is 17.3. The highest BCUT2D eigenvalue weighted by atomic mass is 16.3. The van der Waals surface area contributed by atoms with Crippen molar-refractivity contribution < 1.29 is 4.42 Å². The van der Waals surface area contributed by atoms with Crippen LogP contribution >= 0.6 is 0 Å². The monoisotopic (exact) mass is 449 g/mol. The lowest BCUT2D eigenvalue weighted by Gasteiger charge is -2.15. The number of pyridine rings is 1. The van der Waals surface area contributed by atoms with Gasteiger partial charge in [-0.2, -0.15) is 0 Å². The maximum atomic E-state index is 6.01. The van der Waals surface area contributed by atoms with Crippen LogP contribution in [0.15, 0.2) is 126 Å². The first-order valence-corrected chi connectivity index (χ1v) is 11.7. The molecule has 0 atom stereocenters. The lowest BCUT2D eigenvalue weighted by Crippen LogP contribution is -2.51. The van der Waals surface area contributed by atoms with E-state index in [1.54, 1.807) is 0 Å². The van der Waals surface area contributed by atoms with E-state index in [1.807, 2.05) is 34.8 Å². The Morgan fingerprint density at radius 1 is 0.571 bits per heavy atom. The summed E-state index contributed by atoms with van der Waals surface area (Å²) in [7, 11) is 0. The first kappa shape index (κ1) is 19.8. The van der Waals surface area contributed by atoms with Crippen molar-refractivity contribution in [1.29, 1.82) is 0 Å². The Morgan fingerprint density at radius 3 is 1.91 bits per heavy atom. The average molecular weight is 449 g/mol. The van der Waals surface area contributed by atoms with Gasteiger partial charge in [-0.3, -0.25) is 0 Å². The van der Waals surface area contributed by atoms with Crippen LogP contribution in [0.5, 0.6) is 0 Å². The van der Waals surface area contributed by atoms with Crippen LogP contribution in [0, 0.1) is 0 Å². The predicted molar refractivity (Wildman–Crippen MR) is 143 cm³/mol. The number of para-hydroxylation sites is 1. The van der Waals surface area contributed by atoms with Crippen LogP contribution in [-0.4, -0.2) is 21.3 Å². The first-order valence-electron chi connectivity index (χ1n) is 11.7. The largest absolute Gasteiger partial charge is 0.454 e. The standard InChI is InChI=1S/C30H20BN3O/c1-3-9-22(10-4-1)31(23-11-5-2-6-12-23)24-17-15-21(16-18-24)30-32-28-20-19-27-29(34(28)33-30)25-13-7-8-14-26(25)35-27/h1-20H. The summed E-state index contributed by atoms with van der Waals surface area (Å²) in [6.07, 6.45) is 0. The van der Waals surface area contributed by atoms with Crippen LogP contribution < -0.4 is 16.4 Å². The normalized spacial score (nSPS) is 11.4. The minimum Gasteiger partial charge on any atom is -0.454 e. The quantitative estimate of drug-likeness (QED) is 0.362. The number of hydrogen-bond donors (Lipinski definition) is 0. The highest BCUT2D eigenvalue weighted by Crippen LogP contribution is 2.29. The fraction of sp³-hybridized carbons (Fsp3) is 0. The number of aromatic nitrogens is 3. The number of rotatable bonds is 4. The van der Waals surface area contributed by atoms with Gasteiger partial charge in [0.15, 0.2) is 17.1 Å². The van der Waals surface area contributed by atoms with E-state index in [1.165, 1.54) is 16.4 Å². The molecular formula is C30H20BN3O. The molecule has 3 heterocycles. The van der Waals surface area contributed by atoms with Gasteiger partial charge in [-0.15, -0.1) is 5.10 Å². The summed E-state index contributed by atoms with van der Waals surface area (Å²) in [6.45, 7) is 0.164. The van der Waals surface area contributed by atoms with Crippen molar-refractivity contribution in [3.8, 4) is 11.4 Å². The Hall–Kier alpha value is -4.64. The number of nitrogens with zero attached hydrogens (tertiary/aromatic N) is 3. The molecular weight excluding hydrogens is 429 g/mol. The Morgan fingerprint density at radius 2 is 1.20 bits per heavy atom. The molecule has 0 saturated heterocycles. The Labute approximate surface area is 202 Å². The van der Waals surface area contributed by atoms with Gasteiger partial charge < -0.3 is 4.42 Å². The van der Waals surface area contributed by atoms with Crippen molar-refractivity contribution in [3.05, 3.63) is 121 Å². The molecule has 0 saturated carbocycles. The van der Waals surface area contributed by atoms with Gasteiger partial charge in [0.25, 0.3) is 0 Å². The third-order valence-corrected chi connectivity index (χ3v) is 6.59. The molecule has 4 aromatic carbocycles. The minimum absolute atomic E-state index is 0.164. The van der Waals surface area contributed by atoms with E-state index in [-0.39, 0.29) is 6.71 Å². The second-order valence-electron chi connectivity index (χ2n) is 8.73. The van der Waals surface area contributed by atoms with E-state index in [0.29, 0.717) is 5.82 Å². The van der Waals surface area contributed by atoms with Crippen molar-refractivity contribution in [2.75, 3.05) is 0 Å². The van der Waals surface area contributed by atoms with Crippen LogP contribution in [0.4, 0.5) is 0 Å². The zero-order valence-electron chi connectivity index (χ0n) is 18.9. The molecule has 4 nitrogen and oxygen atoms in total. The van der Waals surface area contributed by atoms with E-state index in [0.717, 1.165) is 33.3 Å². The highest BCUT2D eigenvalue weighted by molar-refractivity contribution is 6.95. The van der Waals surface area contributed by atoms with E-state index in [2.05, 4.69) is 91.0 Å². The molecule has 7 rings (SSSR count). The van der Waals surface area contributed by atoms with Gasteiger partial charge >= 0.3 is 0 Å². The molecule has 0 spiro atoms. The summed E-state index contributed by atoms with van der Waals surface area (Å²) in [5.41, 5.74) is 8.16. The Kier molecular flexibility index (Phi) is 4.52. The van der Waals surface area contributed by atoms with Gasteiger partial charge in [0.05, 0.1) is 0 Å². The van der Waals surface area contributed by atoms with E-state index < -0.39 is 0 Å². The molecule has 0 aliphatic heterocycles. The molecule has 0 aliphatic rings. The van der Waals surface area contributed by atoms with Gasteiger partial charge in [0.1, 0.15) is 11.1 Å². The summed E-state index contributed by atoms with van der Waals surface area (Å²) in [5, 5.41) is 5.91. The molecule has 0 amide bonds. The van der Waals surface area contributed by atoms with Gasteiger partial charge in [0.2, 0.25) is 6.71 Å². The Bertz CT molecular complexity index is 1750. The molecule has 0 radical (unpaired) electrons. The SMILES string of the molecule is c1ccc(B(c2ccccc2)c2ccc(-c3nc4ccc5oc6ccccc6c5n4n3)cc2)cc1. The molecule has 35 heavy (non-hydrogen) atoms. The molecule has 0 bridgehead atoms. The molecule has 0 fully saturated rings. The topological polar surface area (TPSA) is 43.3 Å². The molecule has 5 heteroatoms. The van der Waals surface area contributed by atoms with Crippen LogP contribution in [-0.2, 0) is 0 Å². The van der Waals surface area contributed by atoms with Gasteiger partial charge in [0, 0.05) is 10.9 Å². The van der Waals surface area contributed by atoms with Crippen LogP contribution in [0.1, 0.15) is 0 Å². The van der Waals surface area contributed by atoms with E-state index in [9.17, 15) is 0 Å². The van der Waals surface area contributed by atoms with E-state index in [4.69, 9.17) is 14.5 Å². The van der Waals surface area contributed by atoms with Gasteiger partial charge in [-0.05, 0) is 24.3 Å². The maximum Gasteiger partial charge on any atom is 0.241 e. The Balaban J connectivity index is 1.32. The number of benzene rings is 4. The number of hydrogen-bond acceptors (Lipinski definition) is 3.